The number of aromatic nitrogens is 2. The number of aryl methyl sites for hydroxylation is 2. The predicted octanol–water partition coefficient (Wildman–Crippen LogP) is 3.93. The van der Waals surface area contributed by atoms with Gasteiger partial charge in [-0.2, -0.15) is 10.2 Å². The van der Waals surface area contributed by atoms with E-state index in [4.69, 9.17) is 11.6 Å². The summed E-state index contributed by atoms with van der Waals surface area (Å²) in [4.78, 5) is 24.7. The standard InChI is InChI=1S/C21H19ClFN5O2/c1-12(25-26-21(30)19-18(22)13(2)27-28(19)3)14-6-5-9-17(11-14)24-20(29)15-7-4-8-16(23)10-15/h4-11H,1-3H3,(H,24,29)(H,26,30)/b25-12-. The van der Waals surface area contributed by atoms with E-state index in [2.05, 4.69) is 20.9 Å². The molecule has 3 aromatic rings. The maximum atomic E-state index is 13.3. The molecule has 154 valence electrons. The van der Waals surface area contributed by atoms with E-state index in [-0.39, 0.29) is 16.3 Å². The first-order valence-electron chi connectivity index (χ1n) is 8.97. The molecule has 0 aliphatic heterocycles. The quantitative estimate of drug-likeness (QED) is 0.477. The molecular weight excluding hydrogens is 409 g/mol. The second-order valence-electron chi connectivity index (χ2n) is 6.56. The highest BCUT2D eigenvalue weighted by Gasteiger charge is 2.18. The van der Waals surface area contributed by atoms with E-state index in [0.29, 0.717) is 22.7 Å². The van der Waals surface area contributed by atoms with Crippen molar-refractivity contribution in [3.05, 3.63) is 81.9 Å². The fraction of sp³-hybridized carbons (Fsp3) is 0.143. The van der Waals surface area contributed by atoms with Crippen LogP contribution < -0.4 is 10.7 Å². The lowest BCUT2D eigenvalue weighted by atomic mass is 10.1. The SMILES string of the molecule is C/C(=N/NC(=O)c1c(Cl)c(C)nn1C)c1cccc(NC(=O)c2cccc(F)c2)c1. The lowest BCUT2D eigenvalue weighted by Crippen LogP contribution is -2.22. The molecule has 0 aliphatic carbocycles. The molecule has 3 rings (SSSR count). The number of nitrogens with one attached hydrogen (secondary N) is 2. The number of hydrogen-bond donors (Lipinski definition) is 2. The molecule has 0 bridgehead atoms. The monoisotopic (exact) mass is 427 g/mol. The van der Waals surface area contributed by atoms with Crippen LogP contribution in [-0.2, 0) is 7.05 Å². The summed E-state index contributed by atoms with van der Waals surface area (Å²) in [5.41, 5.74) is 5.13. The minimum atomic E-state index is -0.488. The Hall–Kier alpha value is -3.52. The Kier molecular flexibility index (Phi) is 6.27. The maximum absolute atomic E-state index is 13.3. The van der Waals surface area contributed by atoms with E-state index >= 15 is 0 Å². The summed E-state index contributed by atoms with van der Waals surface area (Å²) < 4.78 is 14.7. The molecule has 0 spiro atoms. The second-order valence-corrected chi connectivity index (χ2v) is 6.93. The van der Waals surface area contributed by atoms with Crippen LogP contribution in [0.3, 0.4) is 0 Å². The number of rotatable bonds is 5. The number of hydrogen-bond acceptors (Lipinski definition) is 4. The van der Waals surface area contributed by atoms with Gasteiger partial charge in [-0.25, -0.2) is 9.82 Å². The number of nitrogens with zero attached hydrogens (tertiary/aromatic N) is 3. The summed E-state index contributed by atoms with van der Waals surface area (Å²) in [6.45, 7) is 3.42. The summed E-state index contributed by atoms with van der Waals surface area (Å²) in [6.07, 6.45) is 0. The van der Waals surface area contributed by atoms with Crippen molar-refractivity contribution >= 4 is 34.8 Å². The van der Waals surface area contributed by atoms with Gasteiger partial charge in [0.2, 0.25) is 0 Å². The molecule has 0 atom stereocenters. The smallest absolute Gasteiger partial charge is 0.291 e. The van der Waals surface area contributed by atoms with Gasteiger partial charge in [-0.05, 0) is 49.7 Å². The number of halogens is 2. The second kappa shape index (κ2) is 8.87. The van der Waals surface area contributed by atoms with Gasteiger partial charge in [0.05, 0.1) is 16.4 Å². The third-order valence-corrected chi connectivity index (χ3v) is 4.77. The topological polar surface area (TPSA) is 88.4 Å². The van der Waals surface area contributed by atoms with Crippen molar-refractivity contribution in [2.24, 2.45) is 12.1 Å². The highest BCUT2D eigenvalue weighted by Crippen LogP contribution is 2.19. The van der Waals surface area contributed by atoms with Gasteiger partial charge in [0.15, 0.2) is 0 Å². The summed E-state index contributed by atoms with van der Waals surface area (Å²) in [6, 6.07) is 12.3. The van der Waals surface area contributed by atoms with Crippen LogP contribution in [0, 0.1) is 12.7 Å². The van der Waals surface area contributed by atoms with Crippen molar-refractivity contribution < 1.29 is 14.0 Å². The van der Waals surface area contributed by atoms with E-state index in [1.54, 1.807) is 45.2 Å². The molecule has 0 fully saturated rings. The summed E-state index contributed by atoms with van der Waals surface area (Å²) >= 11 is 6.11. The Labute approximate surface area is 177 Å². The molecule has 30 heavy (non-hydrogen) atoms. The number of carbonyl (C=O) groups excluding carboxylic acids is 2. The molecule has 0 radical (unpaired) electrons. The van der Waals surface area contributed by atoms with Crippen LogP contribution in [0.1, 0.15) is 39.0 Å². The third kappa shape index (κ3) is 4.72. The predicted molar refractivity (Wildman–Crippen MR) is 113 cm³/mol. The Bertz CT molecular complexity index is 1160. The van der Waals surface area contributed by atoms with Gasteiger partial charge >= 0.3 is 0 Å². The molecule has 2 N–H and O–H groups in total. The third-order valence-electron chi connectivity index (χ3n) is 4.31. The number of amides is 2. The molecule has 7 nitrogen and oxygen atoms in total. The van der Waals surface area contributed by atoms with Gasteiger partial charge in [-0.3, -0.25) is 14.3 Å². The first kappa shape index (κ1) is 21.2. The molecule has 9 heteroatoms. The fourth-order valence-corrected chi connectivity index (χ4v) is 3.03. The van der Waals surface area contributed by atoms with Crippen molar-refractivity contribution in [3.63, 3.8) is 0 Å². The largest absolute Gasteiger partial charge is 0.322 e. The molecule has 0 aliphatic rings. The first-order valence-corrected chi connectivity index (χ1v) is 9.35. The van der Waals surface area contributed by atoms with Gasteiger partial charge in [0.25, 0.3) is 11.8 Å². The Morgan fingerprint density at radius 1 is 1.10 bits per heavy atom. The van der Waals surface area contributed by atoms with Gasteiger partial charge in [0.1, 0.15) is 11.5 Å². The van der Waals surface area contributed by atoms with Gasteiger partial charge in [-0.1, -0.05) is 29.8 Å². The average Bonchev–Trinajstić information content (AvgIpc) is 2.97. The molecular formula is C21H19ClFN5O2. The summed E-state index contributed by atoms with van der Waals surface area (Å²) in [5.74, 6) is -1.41. The number of carbonyl (C=O) groups is 2. The van der Waals surface area contributed by atoms with Crippen LogP contribution in [0.15, 0.2) is 53.6 Å². The number of hydrazone groups is 1. The Balaban J connectivity index is 1.73. The van der Waals surface area contributed by atoms with Crippen LogP contribution in [0.5, 0.6) is 0 Å². The van der Waals surface area contributed by atoms with Crippen molar-refractivity contribution in [3.8, 4) is 0 Å². The minimum absolute atomic E-state index is 0.210. The van der Waals surface area contributed by atoms with Crippen molar-refractivity contribution in [2.45, 2.75) is 13.8 Å². The number of anilines is 1. The van der Waals surface area contributed by atoms with Crippen molar-refractivity contribution in [2.75, 3.05) is 5.32 Å². The van der Waals surface area contributed by atoms with Gasteiger partial charge in [0, 0.05) is 18.3 Å². The Morgan fingerprint density at radius 2 is 1.80 bits per heavy atom. The van der Waals surface area contributed by atoms with E-state index in [1.807, 2.05) is 0 Å². The summed E-state index contributed by atoms with van der Waals surface area (Å²) in [5, 5.41) is 11.2. The fourth-order valence-electron chi connectivity index (χ4n) is 2.79. The van der Waals surface area contributed by atoms with Gasteiger partial charge < -0.3 is 5.32 Å². The van der Waals surface area contributed by atoms with Crippen LogP contribution in [-0.4, -0.2) is 27.3 Å². The van der Waals surface area contributed by atoms with Crippen LogP contribution in [0.25, 0.3) is 0 Å². The lowest BCUT2D eigenvalue weighted by molar-refractivity contribution is 0.0945. The average molecular weight is 428 g/mol. The minimum Gasteiger partial charge on any atom is -0.322 e. The van der Waals surface area contributed by atoms with E-state index in [9.17, 15) is 14.0 Å². The molecule has 1 heterocycles. The maximum Gasteiger partial charge on any atom is 0.291 e. The Morgan fingerprint density at radius 3 is 2.47 bits per heavy atom. The van der Waals surface area contributed by atoms with E-state index < -0.39 is 17.6 Å². The zero-order valence-corrected chi connectivity index (χ0v) is 17.3. The van der Waals surface area contributed by atoms with Crippen LogP contribution >= 0.6 is 11.6 Å². The van der Waals surface area contributed by atoms with Crippen LogP contribution in [0.4, 0.5) is 10.1 Å². The molecule has 1 aromatic heterocycles. The highest BCUT2D eigenvalue weighted by molar-refractivity contribution is 6.34. The van der Waals surface area contributed by atoms with Crippen molar-refractivity contribution in [1.29, 1.82) is 0 Å². The summed E-state index contributed by atoms with van der Waals surface area (Å²) in [7, 11) is 1.62. The molecule has 2 amide bonds. The molecule has 0 saturated heterocycles. The van der Waals surface area contributed by atoms with Crippen molar-refractivity contribution in [1.82, 2.24) is 15.2 Å². The van der Waals surface area contributed by atoms with E-state index in [1.165, 1.54) is 22.9 Å². The van der Waals surface area contributed by atoms with Gasteiger partial charge in [-0.15, -0.1) is 0 Å². The zero-order valence-electron chi connectivity index (χ0n) is 16.5. The normalized spacial score (nSPS) is 11.3. The van der Waals surface area contributed by atoms with E-state index in [0.717, 1.165) is 6.07 Å². The zero-order chi connectivity index (χ0) is 21.8. The first-order chi connectivity index (χ1) is 14.3. The highest BCUT2D eigenvalue weighted by atomic mass is 35.5. The van der Waals surface area contributed by atoms with Crippen LogP contribution in [0.2, 0.25) is 5.02 Å². The number of benzene rings is 2. The molecule has 2 aromatic carbocycles. The lowest BCUT2D eigenvalue weighted by Gasteiger charge is -2.08. The molecule has 0 saturated carbocycles. The molecule has 0 unspecified atom stereocenters.